The first kappa shape index (κ1) is 18.1. The maximum atomic E-state index is 13.0. The smallest absolute Gasteiger partial charge is 0.346 e. The topological polar surface area (TPSA) is 42.0 Å². The van der Waals surface area contributed by atoms with E-state index in [0.29, 0.717) is 12.1 Å². The van der Waals surface area contributed by atoms with Crippen LogP contribution >= 0.6 is 11.3 Å². The Morgan fingerprint density at radius 2 is 1.73 bits per heavy atom. The second-order valence-electron chi connectivity index (χ2n) is 5.62. The first-order chi connectivity index (χ1) is 12.4. The van der Waals surface area contributed by atoms with Crippen LogP contribution in [0.5, 0.6) is 0 Å². The number of carbonyl (C=O) groups is 1. The summed E-state index contributed by atoms with van der Waals surface area (Å²) in [7, 11) is 0. The molecular formula is C19H15F3N2OS. The maximum absolute atomic E-state index is 13.0. The summed E-state index contributed by atoms with van der Waals surface area (Å²) in [4.78, 5) is 16.6. The zero-order chi connectivity index (χ0) is 18.6. The predicted molar refractivity (Wildman–Crippen MR) is 94.0 cm³/mol. The third-order valence-corrected chi connectivity index (χ3v) is 4.60. The lowest BCUT2D eigenvalue weighted by Crippen LogP contribution is -2.26. The molecule has 3 rings (SSSR count). The highest BCUT2D eigenvalue weighted by molar-refractivity contribution is 7.09. The largest absolute Gasteiger partial charge is 0.417 e. The van der Waals surface area contributed by atoms with Gasteiger partial charge in [-0.05, 0) is 17.7 Å². The summed E-state index contributed by atoms with van der Waals surface area (Å²) in [6.45, 7) is 0.0797. The van der Waals surface area contributed by atoms with Crippen molar-refractivity contribution in [1.29, 1.82) is 0 Å². The fourth-order valence-electron chi connectivity index (χ4n) is 2.48. The molecule has 0 aliphatic rings. The molecule has 0 atom stereocenters. The van der Waals surface area contributed by atoms with Crippen LogP contribution in [-0.4, -0.2) is 10.9 Å². The Morgan fingerprint density at radius 1 is 1.04 bits per heavy atom. The van der Waals surface area contributed by atoms with E-state index in [1.807, 2.05) is 30.3 Å². The molecule has 1 aromatic heterocycles. The molecule has 1 heterocycles. The molecule has 3 aromatic rings. The van der Waals surface area contributed by atoms with Crippen molar-refractivity contribution >= 4 is 17.2 Å². The average Bonchev–Trinajstić information content (AvgIpc) is 3.07. The molecule has 0 bridgehead atoms. The molecule has 0 saturated heterocycles. The summed E-state index contributed by atoms with van der Waals surface area (Å²) < 4.78 is 39.0. The van der Waals surface area contributed by atoms with Crippen molar-refractivity contribution < 1.29 is 18.0 Å². The average molecular weight is 376 g/mol. The van der Waals surface area contributed by atoms with Gasteiger partial charge in [0, 0.05) is 11.8 Å². The molecule has 3 nitrogen and oxygen atoms in total. The van der Waals surface area contributed by atoms with Crippen LogP contribution < -0.4 is 5.32 Å². The number of aromatic nitrogens is 1. The van der Waals surface area contributed by atoms with Crippen LogP contribution in [-0.2, 0) is 19.1 Å². The van der Waals surface area contributed by atoms with E-state index in [1.165, 1.54) is 29.5 Å². The van der Waals surface area contributed by atoms with E-state index in [-0.39, 0.29) is 12.1 Å². The Labute approximate surface area is 152 Å². The number of hydrogen-bond acceptors (Lipinski definition) is 3. The van der Waals surface area contributed by atoms with Gasteiger partial charge in [0.25, 0.3) is 5.91 Å². The number of nitrogens with one attached hydrogen (secondary N) is 1. The lowest BCUT2D eigenvalue weighted by molar-refractivity contribution is -0.137. The molecule has 0 aliphatic heterocycles. The van der Waals surface area contributed by atoms with Crippen molar-refractivity contribution in [3.05, 3.63) is 87.4 Å². The fraction of sp³-hybridized carbons (Fsp3) is 0.158. The molecule has 1 N–H and O–H groups in total. The van der Waals surface area contributed by atoms with Gasteiger partial charge in [-0.15, -0.1) is 11.3 Å². The van der Waals surface area contributed by atoms with E-state index >= 15 is 0 Å². The van der Waals surface area contributed by atoms with Gasteiger partial charge < -0.3 is 5.32 Å². The van der Waals surface area contributed by atoms with Crippen molar-refractivity contribution in [2.24, 2.45) is 0 Å². The Bertz CT molecular complexity index is 891. The van der Waals surface area contributed by atoms with Crippen LogP contribution in [0.3, 0.4) is 0 Å². The molecule has 0 aliphatic carbocycles. The Morgan fingerprint density at radius 3 is 2.46 bits per heavy atom. The van der Waals surface area contributed by atoms with Crippen molar-refractivity contribution in [3.63, 3.8) is 0 Å². The van der Waals surface area contributed by atoms with Crippen LogP contribution in [0.1, 0.15) is 32.2 Å². The molecule has 0 spiro atoms. The summed E-state index contributed by atoms with van der Waals surface area (Å²) in [6.07, 6.45) is -3.90. The highest BCUT2D eigenvalue weighted by Crippen LogP contribution is 2.31. The lowest BCUT2D eigenvalue weighted by Gasteiger charge is -2.12. The van der Waals surface area contributed by atoms with Gasteiger partial charge in [-0.25, -0.2) is 4.98 Å². The second kappa shape index (κ2) is 7.70. The van der Waals surface area contributed by atoms with Gasteiger partial charge in [0.2, 0.25) is 0 Å². The van der Waals surface area contributed by atoms with E-state index < -0.39 is 17.6 Å². The van der Waals surface area contributed by atoms with Gasteiger partial charge >= 0.3 is 6.18 Å². The highest BCUT2D eigenvalue weighted by atomic mass is 32.1. The summed E-state index contributed by atoms with van der Waals surface area (Å²) in [5.74, 6) is -0.768. The number of amides is 1. The van der Waals surface area contributed by atoms with Gasteiger partial charge in [0.05, 0.1) is 28.4 Å². The van der Waals surface area contributed by atoms with Crippen molar-refractivity contribution in [3.8, 4) is 0 Å². The Kier molecular flexibility index (Phi) is 5.37. The molecule has 134 valence electrons. The molecule has 2 aromatic carbocycles. The Balaban J connectivity index is 1.64. The summed E-state index contributed by atoms with van der Waals surface area (Å²) >= 11 is 1.46. The summed E-state index contributed by atoms with van der Waals surface area (Å²) in [5.41, 5.74) is 0.413. The standard InChI is InChI=1S/C19H15F3N2OS/c20-19(21,22)16-9-5-4-8-15(16)18(25)23-11-14-12-26-17(24-14)10-13-6-2-1-3-7-13/h1-9,12H,10-11H2,(H,23,25). The number of carbonyl (C=O) groups excluding carboxylic acids is 1. The molecule has 0 unspecified atom stereocenters. The van der Waals surface area contributed by atoms with Crippen molar-refractivity contribution in [2.45, 2.75) is 19.1 Å². The predicted octanol–water partition coefficient (Wildman–Crippen LogP) is 4.68. The van der Waals surface area contributed by atoms with Crippen molar-refractivity contribution in [1.82, 2.24) is 10.3 Å². The third-order valence-electron chi connectivity index (χ3n) is 3.70. The van der Waals surface area contributed by atoms with E-state index in [4.69, 9.17) is 0 Å². The maximum Gasteiger partial charge on any atom is 0.417 e. The summed E-state index contributed by atoms with van der Waals surface area (Å²) in [5, 5.41) is 5.20. The van der Waals surface area contributed by atoms with Gasteiger partial charge in [0.15, 0.2) is 0 Å². The van der Waals surface area contributed by atoms with E-state index in [0.717, 1.165) is 16.6 Å². The van der Waals surface area contributed by atoms with E-state index in [2.05, 4.69) is 10.3 Å². The number of benzene rings is 2. The fourth-order valence-corrected chi connectivity index (χ4v) is 3.30. The van der Waals surface area contributed by atoms with Crippen LogP contribution in [0, 0.1) is 0 Å². The SMILES string of the molecule is O=C(NCc1csc(Cc2ccccc2)n1)c1ccccc1C(F)(F)F. The molecule has 0 fully saturated rings. The first-order valence-corrected chi connectivity index (χ1v) is 8.73. The molecule has 26 heavy (non-hydrogen) atoms. The number of nitrogens with zero attached hydrogens (tertiary/aromatic N) is 1. The number of rotatable bonds is 5. The van der Waals surface area contributed by atoms with E-state index in [1.54, 1.807) is 5.38 Å². The minimum Gasteiger partial charge on any atom is -0.346 e. The quantitative estimate of drug-likeness (QED) is 0.702. The molecule has 0 radical (unpaired) electrons. The number of alkyl halides is 3. The van der Waals surface area contributed by atoms with Crippen LogP contribution in [0.25, 0.3) is 0 Å². The number of hydrogen-bond donors (Lipinski definition) is 1. The van der Waals surface area contributed by atoms with Gasteiger partial charge in [0.1, 0.15) is 0 Å². The van der Waals surface area contributed by atoms with Gasteiger partial charge in [-0.2, -0.15) is 13.2 Å². The lowest BCUT2D eigenvalue weighted by atomic mass is 10.1. The number of thiazole rings is 1. The highest BCUT2D eigenvalue weighted by Gasteiger charge is 2.34. The minimum absolute atomic E-state index is 0.0797. The number of halogens is 3. The van der Waals surface area contributed by atoms with Crippen molar-refractivity contribution in [2.75, 3.05) is 0 Å². The molecular weight excluding hydrogens is 361 g/mol. The zero-order valence-corrected chi connectivity index (χ0v) is 14.4. The van der Waals surface area contributed by atoms with Crippen LogP contribution in [0.15, 0.2) is 60.0 Å². The van der Waals surface area contributed by atoms with Gasteiger partial charge in [-0.1, -0.05) is 42.5 Å². The third kappa shape index (κ3) is 4.49. The first-order valence-electron chi connectivity index (χ1n) is 7.85. The second-order valence-corrected chi connectivity index (χ2v) is 6.56. The summed E-state index contributed by atoms with van der Waals surface area (Å²) in [6, 6.07) is 14.6. The normalized spacial score (nSPS) is 11.3. The zero-order valence-electron chi connectivity index (χ0n) is 13.6. The molecule has 0 saturated carbocycles. The van der Waals surface area contributed by atoms with Crippen LogP contribution in [0.2, 0.25) is 0 Å². The Hall–Kier alpha value is -2.67. The monoisotopic (exact) mass is 376 g/mol. The minimum atomic E-state index is -4.57. The van der Waals surface area contributed by atoms with E-state index in [9.17, 15) is 18.0 Å². The molecule has 7 heteroatoms. The van der Waals surface area contributed by atoms with Crippen LogP contribution in [0.4, 0.5) is 13.2 Å². The molecule has 1 amide bonds. The van der Waals surface area contributed by atoms with Gasteiger partial charge in [-0.3, -0.25) is 4.79 Å².